The van der Waals surface area contributed by atoms with E-state index in [1.54, 1.807) is 0 Å². The van der Waals surface area contributed by atoms with Crippen molar-refractivity contribution in [3.8, 4) is 0 Å². The van der Waals surface area contributed by atoms with Crippen LogP contribution in [0.1, 0.15) is 13.3 Å². The van der Waals surface area contributed by atoms with E-state index in [2.05, 4.69) is 11.8 Å². The fourth-order valence-corrected chi connectivity index (χ4v) is 2.67. The van der Waals surface area contributed by atoms with Crippen LogP contribution < -0.4 is 0 Å². The molecule has 0 aromatic carbocycles. The first-order chi connectivity index (χ1) is 5.14. The van der Waals surface area contributed by atoms with E-state index in [4.69, 9.17) is 0 Å². The molecule has 0 spiro atoms. The molecule has 0 unspecified atom stereocenters. The highest BCUT2D eigenvalue weighted by molar-refractivity contribution is 8.24. The van der Waals surface area contributed by atoms with Gasteiger partial charge >= 0.3 is 0 Å². The summed E-state index contributed by atoms with van der Waals surface area (Å²) < 4.78 is 18.8. The molecule has 0 atom stereocenters. The van der Waals surface area contributed by atoms with Crippen LogP contribution in [0.5, 0.6) is 0 Å². The molecule has 1 fully saturated rings. The standard InChI is InChI=1S/C7H17NO2S/c1-2-8-4-3-6-11(9,10)7-5-8/h9-10H,2-7H2,1H3. The molecule has 0 saturated carbocycles. The van der Waals surface area contributed by atoms with E-state index < -0.39 is 10.6 Å². The molecule has 0 amide bonds. The van der Waals surface area contributed by atoms with Gasteiger partial charge < -0.3 is 4.90 Å². The first-order valence-corrected chi connectivity index (χ1v) is 5.98. The third-order valence-corrected chi connectivity index (χ3v) is 3.91. The van der Waals surface area contributed by atoms with Crippen molar-refractivity contribution >= 4 is 10.6 Å². The van der Waals surface area contributed by atoms with Gasteiger partial charge in [0.2, 0.25) is 0 Å². The number of nitrogens with zero attached hydrogens (tertiary/aromatic N) is 1. The van der Waals surface area contributed by atoms with Crippen LogP contribution in [0.4, 0.5) is 0 Å². The van der Waals surface area contributed by atoms with Crippen LogP contribution in [0.2, 0.25) is 0 Å². The molecule has 68 valence electrons. The lowest BCUT2D eigenvalue weighted by molar-refractivity contribution is 0.311. The second-order valence-corrected chi connectivity index (χ2v) is 5.42. The van der Waals surface area contributed by atoms with Gasteiger partial charge in [0.1, 0.15) is 0 Å². The van der Waals surface area contributed by atoms with Crippen molar-refractivity contribution in [1.29, 1.82) is 0 Å². The zero-order chi connectivity index (χ0) is 8.32. The quantitative estimate of drug-likeness (QED) is 0.640. The van der Waals surface area contributed by atoms with Gasteiger partial charge in [-0.2, -0.15) is 10.6 Å². The Morgan fingerprint density at radius 1 is 1.27 bits per heavy atom. The van der Waals surface area contributed by atoms with E-state index in [0.717, 1.165) is 26.1 Å². The summed E-state index contributed by atoms with van der Waals surface area (Å²) in [7, 11) is -2.20. The predicted octanol–water partition coefficient (Wildman–Crippen LogP) is 1.46. The van der Waals surface area contributed by atoms with Gasteiger partial charge in [-0.05, 0) is 19.5 Å². The van der Waals surface area contributed by atoms with E-state index in [-0.39, 0.29) is 0 Å². The molecule has 11 heavy (non-hydrogen) atoms. The van der Waals surface area contributed by atoms with Crippen molar-refractivity contribution in [1.82, 2.24) is 4.90 Å². The molecule has 0 aromatic rings. The summed E-state index contributed by atoms with van der Waals surface area (Å²) in [4.78, 5) is 2.27. The van der Waals surface area contributed by atoms with Gasteiger partial charge in [-0.3, -0.25) is 9.11 Å². The van der Waals surface area contributed by atoms with Gasteiger partial charge in [-0.25, -0.2) is 0 Å². The minimum Gasteiger partial charge on any atom is -0.302 e. The fraction of sp³-hybridized carbons (Fsp3) is 1.00. The Balaban J connectivity index is 2.39. The number of hydrogen-bond donors (Lipinski definition) is 2. The summed E-state index contributed by atoms with van der Waals surface area (Å²) in [6.45, 7) is 5.00. The van der Waals surface area contributed by atoms with Crippen molar-refractivity contribution in [2.24, 2.45) is 0 Å². The summed E-state index contributed by atoms with van der Waals surface area (Å²) in [6.07, 6.45) is 0.927. The Kier molecular flexibility index (Phi) is 3.18. The van der Waals surface area contributed by atoms with Gasteiger partial charge in [-0.15, -0.1) is 0 Å². The largest absolute Gasteiger partial charge is 0.302 e. The molecule has 1 aliphatic heterocycles. The van der Waals surface area contributed by atoms with Gasteiger partial charge in [-0.1, -0.05) is 6.92 Å². The molecule has 4 heteroatoms. The maximum atomic E-state index is 9.38. The van der Waals surface area contributed by atoms with E-state index in [0.29, 0.717) is 11.5 Å². The van der Waals surface area contributed by atoms with Crippen LogP contribution in [0.15, 0.2) is 0 Å². The molecule has 1 heterocycles. The van der Waals surface area contributed by atoms with Crippen LogP contribution in [0.25, 0.3) is 0 Å². The van der Waals surface area contributed by atoms with Crippen molar-refractivity contribution < 1.29 is 9.11 Å². The summed E-state index contributed by atoms with van der Waals surface area (Å²) in [5.74, 6) is 1.17. The monoisotopic (exact) mass is 179 g/mol. The Morgan fingerprint density at radius 3 is 2.64 bits per heavy atom. The molecule has 3 nitrogen and oxygen atoms in total. The van der Waals surface area contributed by atoms with Crippen LogP contribution in [0.3, 0.4) is 0 Å². The van der Waals surface area contributed by atoms with Gasteiger partial charge in [0.05, 0.1) is 5.75 Å². The Bertz CT molecular complexity index is 130. The highest BCUT2D eigenvalue weighted by Gasteiger charge is 2.18. The third-order valence-electron chi connectivity index (χ3n) is 2.13. The Labute approximate surface area is 69.7 Å². The lowest BCUT2D eigenvalue weighted by atomic mass is 10.4. The molecule has 0 radical (unpaired) electrons. The molecule has 1 rings (SSSR count). The first-order valence-electron chi connectivity index (χ1n) is 4.10. The topological polar surface area (TPSA) is 43.7 Å². The molecule has 2 N–H and O–H groups in total. The molecule has 0 aromatic heterocycles. The average molecular weight is 179 g/mol. The van der Waals surface area contributed by atoms with E-state index in [1.165, 1.54) is 0 Å². The minimum atomic E-state index is -2.20. The van der Waals surface area contributed by atoms with Crippen molar-refractivity contribution in [3.63, 3.8) is 0 Å². The Morgan fingerprint density at radius 2 is 2.00 bits per heavy atom. The summed E-state index contributed by atoms with van der Waals surface area (Å²) >= 11 is 0. The van der Waals surface area contributed by atoms with Crippen LogP contribution in [-0.2, 0) is 0 Å². The first kappa shape index (κ1) is 9.32. The molecule has 0 aliphatic carbocycles. The minimum absolute atomic E-state index is 0.570. The zero-order valence-corrected chi connectivity index (χ0v) is 7.81. The molecule has 0 bridgehead atoms. The van der Waals surface area contributed by atoms with Gasteiger partial charge in [0.15, 0.2) is 0 Å². The van der Waals surface area contributed by atoms with E-state index >= 15 is 0 Å². The average Bonchev–Trinajstić information content (AvgIpc) is 2.10. The molecule has 1 saturated heterocycles. The van der Waals surface area contributed by atoms with Crippen molar-refractivity contribution in [2.45, 2.75) is 13.3 Å². The highest BCUT2D eigenvalue weighted by atomic mass is 32.3. The van der Waals surface area contributed by atoms with Gasteiger partial charge in [0, 0.05) is 12.3 Å². The smallest absolute Gasteiger partial charge is 0.0501 e. The summed E-state index contributed by atoms with van der Waals surface area (Å²) in [5, 5.41) is 0. The van der Waals surface area contributed by atoms with E-state index in [9.17, 15) is 9.11 Å². The SMILES string of the molecule is CCN1CCCS(O)(O)CC1. The van der Waals surface area contributed by atoms with Crippen LogP contribution >= 0.6 is 10.6 Å². The lowest BCUT2D eigenvalue weighted by Gasteiger charge is -2.30. The second kappa shape index (κ2) is 3.76. The summed E-state index contributed by atoms with van der Waals surface area (Å²) in [5.41, 5.74) is 0. The fourth-order valence-electron chi connectivity index (χ4n) is 1.32. The molecule has 1 aliphatic rings. The summed E-state index contributed by atoms with van der Waals surface area (Å²) in [6, 6.07) is 0. The molecular weight excluding hydrogens is 162 g/mol. The van der Waals surface area contributed by atoms with Crippen LogP contribution in [-0.4, -0.2) is 45.1 Å². The number of rotatable bonds is 1. The van der Waals surface area contributed by atoms with Crippen molar-refractivity contribution in [2.75, 3.05) is 31.1 Å². The predicted molar refractivity (Wildman–Crippen MR) is 49.3 cm³/mol. The maximum absolute atomic E-state index is 9.38. The van der Waals surface area contributed by atoms with Crippen LogP contribution in [0, 0.1) is 0 Å². The van der Waals surface area contributed by atoms with E-state index in [1.807, 2.05) is 0 Å². The lowest BCUT2D eigenvalue weighted by Crippen LogP contribution is -2.26. The second-order valence-electron chi connectivity index (χ2n) is 3.00. The normalized spacial score (nSPS) is 29.4. The van der Waals surface area contributed by atoms with Gasteiger partial charge in [0.25, 0.3) is 0 Å². The highest BCUT2D eigenvalue weighted by Crippen LogP contribution is 2.40. The number of hydrogen-bond acceptors (Lipinski definition) is 3. The Hall–Kier alpha value is 0.230. The zero-order valence-electron chi connectivity index (χ0n) is 6.99. The molecular formula is C7H17NO2S. The van der Waals surface area contributed by atoms with Crippen molar-refractivity contribution in [3.05, 3.63) is 0 Å². The third kappa shape index (κ3) is 2.99. The maximum Gasteiger partial charge on any atom is 0.0501 e.